The van der Waals surface area contributed by atoms with E-state index < -0.39 is 0 Å². The van der Waals surface area contributed by atoms with E-state index in [9.17, 15) is 9.90 Å². The number of hydrogen-bond donors (Lipinski definition) is 3. The van der Waals surface area contributed by atoms with E-state index in [1.54, 1.807) is 0 Å². The van der Waals surface area contributed by atoms with Crippen molar-refractivity contribution in [2.24, 2.45) is 11.3 Å². The van der Waals surface area contributed by atoms with Crippen molar-refractivity contribution < 1.29 is 14.6 Å². The van der Waals surface area contributed by atoms with Gasteiger partial charge in [-0.15, -0.1) is 0 Å². The van der Waals surface area contributed by atoms with E-state index in [2.05, 4.69) is 17.6 Å². The Balaban J connectivity index is 1.45. The van der Waals surface area contributed by atoms with Crippen molar-refractivity contribution >= 4 is 11.7 Å². The second-order valence-electron chi connectivity index (χ2n) is 7.87. The van der Waals surface area contributed by atoms with E-state index >= 15 is 0 Å². The Kier molecular flexibility index (Phi) is 5.97. The van der Waals surface area contributed by atoms with Gasteiger partial charge in [-0.25, -0.2) is 4.79 Å². The van der Waals surface area contributed by atoms with Gasteiger partial charge in [-0.2, -0.15) is 0 Å². The first-order valence-corrected chi connectivity index (χ1v) is 9.45. The van der Waals surface area contributed by atoms with Gasteiger partial charge in [-0.05, 0) is 49.3 Å². The number of benzene rings is 1. The number of aliphatic hydroxyl groups is 1. The summed E-state index contributed by atoms with van der Waals surface area (Å²) in [6, 6.07) is 7.59. The zero-order valence-electron chi connectivity index (χ0n) is 15.1. The van der Waals surface area contributed by atoms with Crippen LogP contribution in [0.5, 0.6) is 0 Å². The largest absolute Gasteiger partial charge is 0.396 e. The molecule has 2 unspecified atom stereocenters. The van der Waals surface area contributed by atoms with Crippen LogP contribution in [0.4, 0.5) is 10.5 Å². The molecule has 0 heterocycles. The average molecular weight is 346 g/mol. The Morgan fingerprint density at radius 1 is 1.36 bits per heavy atom. The summed E-state index contributed by atoms with van der Waals surface area (Å²) in [4.78, 5) is 12.0. The molecule has 2 amide bonds. The summed E-state index contributed by atoms with van der Waals surface area (Å²) in [7, 11) is 0. The number of carbonyl (C=O) groups is 1. The Morgan fingerprint density at radius 3 is 2.92 bits per heavy atom. The molecule has 0 aliphatic heterocycles. The van der Waals surface area contributed by atoms with Crippen LogP contribution in [0.15, 0.2) is 24.3 Å². The molecule has 0 spiro atoms. The molecule has 2 aliphatic carbocycles. The standard InChI is InChI=1S/C20H30N2O3/c1-15-4-2-7-18(10-15)25-12-16-5-3-6-17(11-16)22-19(24)21-13-20(14-23)8-9-20/h3,5-6,11,15,18,23H,2,4,7-10,12-14H2,1H3,(H2,21,22,24). The second-order valence-corrected chi connectivity index (χ2v) is 7.87. The molecule has 2 fully saturated rings. The van der Waals surface area contributed by atoms with Gasteiger partial charge in [-0.3, -0.25) is 0 Å². The Morgan fingerprint density at radius 2 is 2.20 bits per heavy atom. The highest BCUT2D eigenvalue weighted by Gasteiger charge is 2.42. The van der Waals surface area contributed by atoms with E-state index in [-0.39, 0.29) is 18.1 Å². The molecule has 138 valence electrons. The maximum Gasteiger partial charge on any atom is 0.319 e. The zero-order valence-corrected chi connectivity index (χ0v) is 15.1. The number of carbonyl (C=O) groups excluding carboxylic acids is 1. The lowest BCUT2D eigenvalue weighted by molar-refractivity contribution is 0.00468. The zero-order chi connectivity index (χ0) is 17.7. The highest BCUT2D eigenvalue weighted by molar-refractivity contribution is 5.89. The van der Waals surface area contributed by atoms with Crippen LogP contribution in [0.1, 0.15) is 51.0 Å². The van der Waals surface area contributed by atoms with Crippen LogP contribution in [-0.4, -0.2) is 30.4 Å². The van der Waals surface area contributed by atoms with Crippen LogP contribution in [0.2, 0.25) is 0 Å². The van der Waals surface area contributed by atoms with Gasteiger partial charge in [0, 0.05) is 17.6 Å². The number of amides is 2. The first kappa shape index (κ1) is 18.2. The summed E-state index contributed by atoms with van der Waals surface area (Å²) in [6.45, 7) is 3.54. The van der Waals surface area contributed by atoms with E-state index in [1.165, 1.54) is 12.8 Å². The fourth-order valence-corrected chi connectivity index (χ4v) is 3.49. The molecule has 3 rings (SSSR count). The fourth-order valence-electron chi connectivity index (χ4n) is 3.49. The molecule has 2 atom stereocenters. The Hall–Kier alpha value is -1.59. The molecule has 2 saturated carbocycles. The molecular formula is C20H30N2O3. The number of ether oxygens (including phenoxy) is 1. The predicted molar refractivity (Wildman–Crippen MR) is 98.4 cm³/mol. The van der Waals surface area contributed by atoms with E-state index in [1.807, 2.05) is 24.3 Å². The van der Waals surface area contributed by atoms with E-state index in [4.69, 9.17) is 4.74 Å². The number of urea groups is 1. The minimum atomic E-state index is -0.223. The molecule has 3 N–H and O–H groups in total. The van der Waals surface area contributed by atoms with Gasteiger partial charge in [0.05, 0.1) is 19.3 Å². The summed E-state index contributed by atoms with van der Waals surface area (Å²) in [5.41, 5.74) is 1.76. The van der Waals surface area contributed by atoms with Gasteiger partial charge in [-0.1, -0.05) is 31.9 Å². The monoisotopic (exact) mass is 346 g/mol. The van der Waals surface area contributed by atoms with Crippen molar-refractivity contribution in [2.45, 2.75) is 58.2 Å². The number of hydrogen-bond acceptors (Lipinski definition) is 3. The third kappa shape index (κ3) is 5.44. The lowest BCUT2D eigenvalue weighted by Gasteiger charge is -2.26. The number of rotatable bonds is 7. The van der Waals surface area contributed by atoms with Crippen molar-refractivity contribution in [3.05, 3.63) is 29.8 Å². The number of anilines is 1. The topological polar surface area (TPSA) is 70.6 Å². The van der Waals surface area contributed by atoms with Crippen molar-refractivity contribution in [3.8, 4) is 0 Å². The van der Waals surface area contributed by atoms with Crippen molar-refractivity contribution in [2.75, 3.05) is 18.5 Å². The summed E-state index contributed by atoms with van der Waals surface area (Å²) in [5.74, 6) is 0.754. The van der Waals surface area contributed by atoms with Gasteiger partial charge in [0.2, 0.25) is 0 Å². The second kappa shape index (κ2) is 8.19. The van der Waals surface area contributed by atoms with Gasteiger partial charge in [0.25, 0.3) is 0 Å². The highest BCUT2D eigenvalue weighted by atomic mass is 16.5. The van der Waals surface area contributed by atoms with E-state index in [0.29, 0.717) is 19.3 Å². The number of nitrogens with one attached hydrogen (secondary N) is 2. The first-order chi connectivity index (χ1) is 12.1. The van der Waals surface area contributed by atoms with Gasteiger partial charge >= 0.3 is 6.03 Å². The highest BCUT2D eigenvalue weighted by Crippen LogP contribution is 2.44. The maximum absolute atomic E-state index is 12.0. The average Bonchev–Trinajstić information content (AvgIpc) is 3.39. The van der Waals surface area contributed by atoms with Crippen LogP contribution in [0.3, 0.4) is 0 Å². The van der Waals surface area contributed by atoms with Crippen LogP contribution < -0.4 is 10.6 Å². The summed E-state index contributed by atoms with van der Waals surface area (Å²) in [6.07, 6.45) is 7.18. The molecule has 1 aromatic rings. The summed E-state index contributed by atoms with van der Waals surface area (Å²) < 4.78 is 6.06. The van der Waals surface area contributed by atoms with Crippen LogP contribution in [0.25, 0.3) is 0 Å². The summed E-state index contributed by atoms with van der Waals surface area (Å²) >= 11 is 0. The maximum atomic E-state index is 12.0. The van der Waals surface area contributed by atoms with Gasteiger partial charge in [0.15, 0.2) is 0 Å². The minimum Gasteiger partial charge on any atom is -0.396 e. The molecule has 0 saturated heterocycles. The third-order valence-corrected chi connectivity index (χ3v) is 5.48. The Labute approximate surface area is 150 Å². The minimum absolute atomic E-state index is 0.0792. The normalized spacial score (nSPS) is 24.6. The van der Waals surface area contributed by atoms with Gasteiger partial charge < -0.3 is 20.5 Å². The molecular weight excluding hydrogens is 316 g/mol. The first-order valence-electron chi connectivity index (χ1n) is 9.45. The van der Waals surface area contributed by atoms with E-state index in [0.717, 1.165) is 42.9 Å². The molecule has 5 nitrogen and oxygen atoms in total. The Bertz CT molecular complexity index is 586. The van der Waals surface area contributed by atoms with Crippen LogP contribution in [0, 0.1) is 11.3 Å². The van der Waals surface area contributed by atoms with Crippen molar-refractivity contribution in [3.63, 3.8) is 0 Å². The van der Waals surface area contributed by atoms with Crippen LogP contribution in [-0.2, 0) is 11.3 Å². The molecule has 1 aromatic carbocycles. The van der Waals surface area contributed by atoms with Crippen molar-refractivity contribution in [1.29, 1.82) is 0 Å². The third-order valence-electron chi connectivity index (χ3n) is 5.48. The summed E-state index contributed by atoms with van der Waals surface area (Å²) in [5, 5.41) is 15.0. The lowest BCUT2D eigenvalue weighted by Crippen LogP contribution is -2.35. The quantitative estimate of drug-likeness (QED) is 0.705. The predicted octanol–water partition coefficient (Wildman–Crippen LogP) is 3.68. The number of aliphatic hydroxyl groups excluding tert-OH is 1. The molecule has 0 bridgehead atoms. The van der Waals surface area contributed by atoms with Crippen LogP contribution >= 0.6 is 0 Å². The molecule has 0 radical (unpaired) electrons. The smallest absolute Gasteiger partial charge is 0.319 e. The molecule has 5 heteroatoms. The lowest BCUT2D eigenvalue weighted by atomic mass is 9.89. The van der Waals surface area contributed by atoms with Gasteiger partial charge in [0.1, 0.15) is 0 Å². The molecule has 25 heavy (non-hydrogen) atoms. The SMILES string of the molecule is CC1CCCC(OCc2cccc(NC(=O)NCC3(CO)CC3)c2)C1. The molecule has 2 aliphatic rings. The van der Waals surface area contributed by atoms with Crippen molar-refractivity contribution in [1.82, 2.24) is 5.32 Å². The molecule has 0 aromatic heterocycles. The fraction of sp³-hybridized carbons (Fsp3) is 0.650.